The highest BCUT2D eigenvalue weighted by atomic mass is 32.2. The number of morpholine rings is 1. The molecule has 0 aromatic rings. The van der Waals surface area contributed by atoms with E-state index in [0.29, 0.717) is 18.1 Å². The lowest BCUT2D eigenvalue weighted by Crippen LogP contribution is -2.56. The van der Waals surface area contributed by atoms with E-state index in [2.05, 4.69) is 5.32 Å². The molecule has 7 nitrogen and oxygen atoms in total. The van der Waals surface area contributed by atoms with Crippen LogP contribution in [-0.4, -0.2) is 70.1 Å². The summed E-state index contributed by atoms with van der Waals surface area (Å²) in [6, 6.07) is -1.39. The molecule has 2 N–H and O–H groups in total. The predicted octanol–water partition coefficient (Wildman–Crippen LogP) is -0.750. The van der Waals surface area contributed by atoms with Gasteiger partial charge in [-0.3, -0.25) is 4.21 Å². The summed E-state index contributed by atoms with van der Waals surface area (Å²) in [5.74, 6) is -0.155. The second-order valence-corrected chi connectivity index (χ2v) is 5.65. The third-order valence-corrected chi connectivity index (χ3v) is 3.91. The van der Waals surface area contributed by atoms with Crippen LogP contribution in [0.5, 0.6) is 0 Å². The van der Waals surface area contributed by atoms with Crippen molar-refractivity contribution in [2.45, 2.75) is 13.0 Å². The minimum absolute atomic E-state index is 0.00361. The second-order valence-electron chi connectivity index (χ2n) is 3.79. The van der Waals surface area contributed by atoms with Crippen LogP contribution in [-0.2, 0) is 20.3 Å². The van der Waals surface area contributed by atoms with Crippen LogP contribution in [0, 0.1) is 0 Å². The topological polar surface area (TPSA) is 95.9 Å². The largest absolute Gasteiger partial charge is 0.480 e. The Balaban J connectivity index is 2.43. The average molecular weight is 278 g/mol. The maximum Gasteiger partial charge on any atom is 0.328 e. The van der Waals surface area contributed by atoms with Gasteiger partial charge in [-0.2, -0.15) is 0 Å². The number of carboxylic acids is 1. The maximum atomic E-state index is 11.8. The van der Waals surface area contributed by atoms with Crippen molar-refractivity contribution in [2.75, 3.05) is 37.8 Å². The van der Waals surface area contributed by atoms with Crippen molar-refractivity contribution < 1.29 is 23.6 Å². The number of hydrogen-bond acceptors (Lipinski definition) is 4. The fourth-order valence-electron chi connectivity index (χ4n) is 1.57. The first-order valence-electron chi connectivity index (χ1n) is 5.76. The summed E-state index contributed by atoms with van der Waals surface area (Å²) in [6.45, 7) is 2.67. The molecule has 1 fully saturated rings. The molecule has 1 rings (SSSR count). The predicted molar refractivity (Wildman–Crippen MR) is 65.9 cm³/mol. The standard InChI is InChI=1S/C10H18N2O5S/c1-2-18(16)6-3-11-10(15)12-4-5-17-7-8(12)9(13)14/h8H,2-7H2,1H3,(H,11,15)(H,13,14). The number of carboxylic acid groups (broad SMARTS) is 1. The highest BCUT2D eigenvalue weighted by molar-refractivity contribution is 7.84. The summed E-state index contributed by atoms with van der Waals surface area (Å²) in [5, 5.41) is 11.5. The highest BCUT2D eigenvalue weighted by Crippen LogP contribution is 2.07. The molecular formula is C10H18N2O5S. The molecule has 1 saturated heterocycles. The van der Waals surface area contributed by atoms with Gasteiger partial charge in [-0.05, 0) is 0 Å². The molecule has 2 unspecified atom stereocenters. The van der Waals surface area contributed by atoms with Crippen LogP contribution >= 0.6 is 0 Å². The van der Waals surface area contributed by atoms with Crippen molar-refractivity contribution in [3.05, 3.63) is 0 Å². The van der Waals surface area contributed by atoms with Crippen LogP contribution in [0.2, 0.25) is 0 Å². The summed E-state index contributed by atoms with van der Waals surface area (Å²) in [6.07, 6.45) is 0. The lowest BCUT2D eigenvalue weighted by atomic mass is 10.2. The van der Waals surface area contributed by atoms with Gasteiger partial charge in [0, 0.05) is 35.4 Å². The molecule has 0 bridgehead atoms. The molecule has 104 valence electrons. The van der Waals surface area contributed by atoms with Gasteiger partial charge in [0.05, 0.1) is 13.2 Å². The van der Waals surface area contributed by atoms with Crippen molar-refractivity contribution in [1.29, 1.82) is 0 Å². The van der Waals surface area contributed by atoms with Gasteiger partial charge in [0.15, 0.2) is 6.04 Å². The third-order valence-electron chi connectivity index (χ3n) is 2.60. The summed E-state index contributed by atoms with van der Waals surface area (Å²) >= 11 is 0. The highest BCUT2D eigenvalue weighted by Gasteiger charge is 2.32. The van der Waals surface area contributed by atoms with E-state index in [4.69, 9.17) is 9.84 Å². The molecule has 1 aliphatic rings. The van der Waals surface area contributed by atoms with E-state index in [-0.39, 0.29) is 19.7 Å². The molecule has 2 atom stereocenters. The Morgan fingerprint density at radius 2 is 2.28 bits per heavy atom. The minimum Gasteiger partial charge on any atom is -0.480 e. The second kappa shape index (κ2) is 7.32. The van der Waals surface area contributed by atoms with E-state index in [9.17, 15) is 13.8 Å². The number of carbonyl (C=O) groups excluding carboxylic acids is 1. The van der Waals surface area contributed by atoms with Crippen molar-refractivity contribution in [2.24, 2.45) is 0 Å². The lowest BCUT2D eigenvalue weighted by Gasteiger charge is -2.32. The van der Waals surface area contributed by atoms with Gasteiger partial charge in [-0.25, -0.2) is 9.59 Å². The molecule has 0 aliphatic carbocycles. The number of carbonyl (C=O) groups is 2. The van der Waals surface area contributed by atoms with Gasteiger partial charge in [0.2, 0.25) is 0 Å². The molecule has 0 aromatic carbocycles. The first-order chi connectivity index (χ1) is 8.56. The summed E-state index contributed by atoms with van der Waals surface area (Å²) < 4.78 is 16.2. The molecule has 0 saturated carbocycles. The van der Waals surface area contributed by atoms with Gasteiger partial charge in [0.25, 0.3) is 0 Å². The van der Waals surface area contributed by atoms with Crippen molar-refractivity contribution in [3.8, 4) is 0 Å². The van der Waals surface area contributed by atoms with Crippen molar-refractivity contribution >= 4 is 22.8 Å². The zero-order valence-electron chi connectivity index (χ0n) is 10.3. The number of urea groups is 1. The molecule has 0 spiro atoms. The summed E-state index contributed by atoms with van der Waals surface area (Å²) in [7, 11) is -0.940. The number of nitrogens with zero attached hydrogens (tertiary/aromatic N) is 1. The fraction of sp³-hybridized carbons (Fsp3) is 0.800. The summed E-state index contributed by atoms with van der Waals surface area (Å²) in [5.41, 5.74) is 0. The Labute approximate surface area is 108 Å². The van der Waals surface area contributed by atoms with Gasteiger partial charge in [0.1, 0.15) is 0 Å². The van der Waals surface area contributed by atoms with Crippen LogP contribution in [0.1, 0.15) is 6.92 Å². The van der Waals surface area contributed by atoms with Crippen LogP contribution in [0.4, 0.5) is 4.79 Å². The van der Waals surface area contributed by atoms with E-state index in [1.807, 2.05) is 0 Å². The average Bonchev–Trinajstić information content (AvgIpc) is 2.38. The first-order valence-corrected chi connectivity index (χ1v) is 7.25. The van der Waals surface area contributed by atoms with Crippen LogP contribution in [0.15, 0.2) is 0 Å². The smallest absolute Gasteiger partial charge is 0.328 e. The number of ether oxygens (including phenoxy) is 1. The van der Waals surface area contributed by atoms with E-state index in [1.54, 1.807) is 6.92 Å². The van der Waals surface area contributed by atoms with E-state index in [1.165, 1.54) is 4.90 Å². The SMILES string of the molecule is CCS(=O)CCNC(=O)N1CCOCC1C(=O)O. The number of rotatable bonds is 5. The minimum atomic E-state index is -1.08. The molecule has 0 radical (unpaired) electrons. The first kappa shape index (κ1) is 14.9. The molecule has 8 heteroatoms. The van der Waals surface area contributed by atoms with Gasteiger partial charge in [-0.15, -0.1) is 0 Å². The maximum absolute atomic E-state index is 11.8. The van der Waals surface area contributed by atoms with Crippen molar-refractivity contribution in [3.63, 3.8) is 0 Å². The quantitative estimate of drug-likeness (QED) is 0.690. The Morgan fingerprint density at radius 3 is 2.89 bits per heavy atom. The monoisotopic (exact) mass is 278 g/mol. The van der Waals surface area contributed by atoms with Crippen LogP contribution in [0.3, 0.4) is 0 Å². The van der Waals surface area contributed by atoms with E-state index >= 15 is 0 Å². The molecule has 18 heavy (non-hydrogen) atoms. The van der Waals surface area contributed by atoms with E-state index in [0.717, 1.165) is 0 Å². The van der Waals surface area contributed by atoms with E-state index < -0.39 is 28.8 Å². The van der Waals surface area contributed by atoms with Gasteiger partial charge >= 0.3 is 12.0 Å². The molecule has 1 heterocycles. The number of aliphatic carboxylic acids is 1. The number of hydrogen-bond donors (Lipinski definition) is 2. The van der Waals surface area contributed by atoms with Gasteiger partial charge in [-0.1, -0.05) is 6.92 Å². The molecular weight excluding hydrogens is 260 g/mol. The zero-order chi connectivity index (χ0) is 13.5. The Hall–Kier alpha value is -1.15. The third kappa shape index (κ3) is 4.26. The van der Waals surface area contributed by atoms with Crippen molar-refractivity contribution in [1.82, 2.24) is 10.2 Å². The molecule has 1 aliphatic heterocycles. The Bertz CT molecular complexity index is 336. The van der Waals surface area contributed by atoms with Crippen LogP contribution in [0.25, 0.3) is 0 Å². The fourth-order valence-corrected chi connectivity index (χ4v) is 2.19. The normalized spacial score (nSPS) is 21.4. The summed E-state index contributed by atoms with van der Waals surface area (Å²) in [4.78, 5) is 24.0. The number of amides is 2. The molecule has 0 aromatic heterocycles. The zero-order valence-corrected chi connectivity index (χ0v) is 11.1. The number of nitrogens with one attached hydrogen (secondary N) is 1. The Kier molecular flexibility index (Phi) is 6.06. The Morgan fingerprint density at radius 1 is 1.56 bits per heavy atom. The van der Waals surface area contributed by atoms with Gasteiger partial charge < -0.3 is 20.1 Å². The lowest BCUT2D eigenvalue weighted by molar-refractivity contribution is -0.147. The molecule has 2 amide bonds. The van der Waals surface area contributed by atoms with Crippen LogP contribution < -0.4 is 5.32 Å².